The van der Waals surface area contributed by atoms with Crippen molar-refractivity contribution in [2.24, 2.45) is 0 Å². The predicted molar refractivity (Wildman–Crippen MR) is 109 cm³/mol. The van der Waals surface area contributed by atoms with Gasteiger partial charge in [0.05, 0.1) is 17.1 Å². The van der Waals surface area contributed by atoms with E-state index in [-0.39, 0.29) is 22.3 Å². The van der Waals surface area contributed by atoms with Gasteiger partial charge in [0.25, 0.3) is 4.84 Å². The number of benzene rings is 2. The van der Waals surface area contributed by atoms with Crippen molar-refractivity contribution in [2.45, 2.75) is 12.6 Å². The predicted octanol–water partition coefficient (Wildman–Crippen LogP) is 4.50. The van der Waals surface area contributed by atoms with Crippen LogP contribution >= 0.6 is 35.4 Å². The highest BCUT2D eigenvalue weighted by Crippen LogP contribution is 2.30. The summed E-state index contributed by atoms with van der Waals surface area (Å²) in [7, 11) is 1.95. The van der Waals surface area contributed by atoms with Gasteiger partial charge in [-0.05, 0) is 49.1 Å². The molecule has 1 fully saturated rings. The molecule has 1 aliphatic rings. The molecule has 1 N–H and O–H groups in total. The molecular formula is C19H16Cl2N2O4S. The zero-order chi connectivity index (χ0) is 20.0. The van der Waals surface area contributed by atoms with Crippen molar-refractivity contribution in [3.8, 4) is 5.75 Å². The largest absolute Gasteiger partial charge is 0.507 e. The van der Waals surface area contributed by atoms with Gasteiger partial charge in [0, 0.05) is 18.1 Å². The lowest BCUT2D eigenvalue weighted by Crippen LogP contribution is -2.50. The Morgan fingerprint density at radius 2 is 2.07 bits per heavy atom. The first-order valence-electron chi connectivity index (χ1n) is 8.51. The Bertz CT molecular complexity index is 1130. The van der Waals surface area contributed by atoms with E-state index >= 15 is 0 Å². The van der Waals surface area contributed by atoms with Crippen molar-refractivity contribution in [1.29, 1.82) is 0 Å². The minimum atomic E-state index is -0.536. The van der Waals surface area contributed by atoms with E-state index in [1.165, 1.54) is 6.07 Å². The van der Waals surface area contributed by atoms with Crippen molar-refractivity contribution in [3.63, 3.8) is 0 Å². The van der Waals surface area contributed by atoms with E-state index in [0.717, 1.165) is 5.56 Å². The van der Waals surface area contributed by atoms with Crippen LogP contribution in [0.1, 0.15) is 15.9 Å². The maximum Gasteiger partial charge on any atom is 0.342 e. The Morgan fingerprint density at radius 3 is 2.75 bits per heavy atom. The molecule has 0 aliphatic carbocycles. The number of halogens is 2. The number of fused-ring (bicyclic) bond motifs is 1. The maximum atomic E-state index is 12.2. The lowest BCUT2D eigenvalue weighted by molar-refractivity contribution is -0.0213. The molecule has 0 radical (unpaired) electrons. The molecule has 1 aliphatic heterocycles. The summed E-state index contributed by atoms with van der Waals surface area (Å²) in [5.74, 6) is -0.684. The van der Waals surface area contributed by atoms with Crippen LogP contribution in [0.25, 0.3) is 11.1 Å². The van der Waals surface area contributed by atoms with Crippen molar-refractivity contribution < 1.29 is 19.1 Å². The van der Waals surface area contributed by atoms with Crippen LogP contribution in [0.3, 0.4) is 0 Å². The molecule has 0 amide bonds. The number of oxazole rings is 1. The number of carbonyl (C=O) groups excluding carboxylic acids is 1. The minimum Gasteiger partial charge on any atom is -0.507 e. The number of carbonyl (C=O) groups is 1. The van der Waals surface area contributed by atoms with Gasteiger partial charge in [0.15, 0.2) is 5.58 Å². The van der Waals surface area contributed by atoms with E-state index in [1.54, 1.807) is 28.8 Å². The van der Waals surface area contributed by atoms with Crippen LogP contribution in [-0.4, -0.2) is 46.8 Å². The van der Waals surface area contributed by atoms with Crippen LogP contribution in [0.4, 0.5) is 0 Å². The van der Waals surface area contributed by atoms with Gasteiger partial charge in [-0.25, -0.2) is 4.79 Å². The Balaban J connectivity index is 1.59. The number of nitrogens with zero attached hydrogens (tertiary/aromatic N) is 2. The fourth-order valence-corrected chi connectivity index (χ4v) is 3.97. The normalized spacial score (nSPS) is 15.0. The van der Waals surface area contributed by atoms with Crippen LogP contribution in [0, 0.1) is 4.84 Å². The smallest absolute Gasteiger partial charge is 0.342 e. The highest BCUT2D eigenvalue weighted by Gasteiger charge is 2.28. The first-order chi connectivity index (χ1) is 13.3. The number of phenolic OH excluding ortho intramolecular Hbond substituents is 1. The van der Waals surface area contributed by atoms with Gasteiger partial charge < -0.3 is 14.3 Å². The molecular weight excluding hydrogens is 423 g/mol. The number of rotatable bonds is 4. The molecule has 3 aromatic rings. The lowest BCUT2D eigenvalue weighted by atomic mass is 10.1. The fourth-order valence-electron chi connectivity index (χ4n) is 3.20. The zero-order valence-corrected chi connectivity index (χ0v) is 17.1. The number of esters is 1. The third-order valence-corrected chi connectivity index (χ3v) is 5.42. The average Bonchev–Trinajstić information content (AvgIpc) is 2.90. The summed E-state index contributed by atoms with van der Waals surface area (Å²) in [5.41, 5.74) is 1.96. The molecule has 9 heteroatoms. The summed E-state index contributed by atoms with van der Waals surface area (Å²) in [4.78, 5) is 14.5. The van der Waals surface area contributed by atoms with E-state index in [9.17, 15) is 9.90 Å². The number of aromatic nitrogens is 1. The number of phenols is 1. The van der Waals surface area contributed by atoms with Gasteiger partial charge in [0.2, 0.25) is 0 Å². The Morgan fingerprint density at radius 1 is 1.32 bits per heavy atom. The van der Waals surface area contributed by atoms with E-state index in [4.69, 9.17) is 44.6 Å². The van der Waals surface area contributed by atoms with Crippen LogP contribution in [0.2, 0.25) is 10.0 Å². The summed E-state index contributed by atoms with van der Waals surface area (Å²) in [6.45, 7) is 1.71. The first-order valence-corrected chi connectivity index (χ1v) is 9.68. The topological polar surface area (TPSA) is 67.8 Å². The van der Waals surface area contributed by atoms with Crippen LogP contribution in [-0.2, 0) is 11.3 Å². The van der Waals surface area contributed by atoms with Crippen molar-refractivity contribution in [2.75, 3.05) is 20.1 Å². The molecule has 6 nitrogen and oxygen atoms in total. The number of ether oxygens (including phenoxy) is 1. The summed E-state index contributed by atoms with van der Waals surface area (Å²) >= 11 is 17.5. The second-order valence-electron chi connectivity index (χ2n) is 6.79. The van der Waals surface area contributed by atoms with E-state index < -0.39 is 5.97 Å². The standard InChI is InChI=1S/C19H16Cl2N2O4S/c1-22-8-12(9-22)26-18(25)13-3-2-10(4-16(13)24)7-23-15-6-11(20)5-14(21)17(15)27-19(23)28/h2-6,12,24H,7-9H2,1H3. The van der Waals surface area contributed by atoms with Crippen LogP contribution < -0.4 is 0 Å². The quantitative estimate of drug-likeness (QED) is 0.477. The van der Waals surface area contributed by atoms with Gasteiger partial charge in [0.1, 0.15) is 17.4 Å². The van der Waals surface area contributed by atoms with Gasteiger partial charge in [-0.2, -0.15) is 0 Å². The third kappa shape index (κ3) is 3.63. The molecule has 0 bridgehead atoms. The molecule has 0 saturated carbocycles. The monoisotopic (exact) mass is 438 g/mol. The van der Waals surface area contributed by atoms with Crippen molar-refractivity contribution in [3.05, 3.63) is 56.3 Å². The van der Waals surface area contributed by atoms with Crippen molar-refractivity contribution in [1.82, 2.24) is 9.47 Å². The summed E-state index contributed by atoms with van der Waals surface area (Å²) in [6, 6.07) is 8.08. The first kappa shape index (κ1) is 19.3. The molecule has 28 heavy (non-hydrogen) atoms. The van der Waals surface area contributed by atoms with Gasteiger partial charge >= 0.3 is 5.97 Å². The van der Waals surface area contributed by atoms with Crippen molar-refractivity contribution >= 4 is 52.5 Å². The highest BCUT2D eigenvalue weighted by molar-refractivity contribution is 7.71. The van der Waals surface area contributed by atoms with E-state index in [1.807, 2.05) is 11.9 Å². The molecule has 4 rings (SSSR count). The number of likely N-dealkylation sites (N-methyl/N-ethyl adjacent to an activating group) is 1. The second-order valence-corrected chi connectivity index (χ2v) is 7.98. The molecule has 0 atom stereocenters. The molecule has 0 unspecified atom stereocenters. The maximum absolute atomic E-state index is 12.2. The summed E-state index contributed by atoms with van der Waals surface area (Å²) in [5, 5.41) is 11.1. The molecule has 146 valence electrons. The number of hydrogen-bond donors (Lipinski definition) is 1. The lowest BCUT2D eigenvalue weighted by Gasteiger charge is -2.35. The molecule has 1 saturated heterocycles. The summed E-state index contributed by atoms with van der Waals surface area (Å²) in [6.07, 6.45) is -0.137. The van der Waals surface area contributed by atoms with Gasteiger partial charge in [-0.1, -0.05) is 29.3 Å². The minimum absolute atomic E-state index is 0.130. The van der Waals surface area contributed by atoms with Gasteiger partial charge in [-0.15, -0.1) is 0 Å². The third-order valence-electron chi connectivity index (χ3n) is 4.62. The molecule has 2 aromatic carbocycles. The van der Waals surface area contributed by atoms with E-state index in [0.29, 0.717) is 40.8 Å². The molecule has 0 spiro atoms. The number of likely N-dealkylation sites (tertiary alicyclic amines) is 1. The van der Waals surface area contributed by atoms with Crippen LogP contribution in [0.5, 0.6) is 5.75 Å². The number of aromatic hydroxyl groups is 1. The Kier molecular flexibility index (Phi) is 5.09. The van der Waals surface area contributed by atoms with E-state index in [2.05, 4.69) is 0 Å². The fraction of sp³-hybridized carbons (Fsp3) is 0.263. The molecule has 1 aromatic heterocycles. The second kappa shape index (κ2) is 7.40. The molecule has 2 heterocycles. The van der Waals surface area contributed by atoms with Crippen LogP contribution in [0.15, 0.2) is 34.7 Å². The Hall–Kier alpha value is -2.06. The Labute approximate surface area is 175 Å². The summed E-state index contributed by atoms with van der Waals surface area (Å²) < 4.78 is 12.7. The average molecular weight is 439 g/mol. The van der Waals surface area contributed by atoms with Gasteiger partial charge in [-0.3, -0.25) is 9.47 Å². The zero-order valence-electron chi connectivity index (χ0n) is 14.8. The number of hydrogen-bond acceptors (Lipinski definition) is 6. The highest BCUT2D eigenvalue weighted by atomic mass is 35.5. The SMILES string of the molecule is CN1CC(OC(=O)c2ccc(Cn3c(=S)oc4c(Cl)cc(Cl)cc43)cc2O)C1.